The first-order chi connectivity index (χ1) is 41.7. The average molecular weight is 1120 g/mol. The number of fused-ring (bicyclic) bond motifs is 1. The van der Waals surface area contributed by atoms with Gasteiger partial charge in [-0.2, -0.15) is 0 Å². The molecule has 5 nitrogen and oxygen atoms in total. The highest BCUT2D eigenvalue weighted by atomic mass is 31.1. The number of ether oxygens (including phenoxy) is 2. The zero-order chi connectivity index (χ0) is 57.4. The summed E-state index contributed by atoms with van der Waals surface area (Å²) in [7, 11) is -3.17. The second kappa shape index (κ2) is 22.6. The van der Waals surface area contributed by atoms with Gasteiger partial charge in [-0.1, -0.05) is 252 Å². The van der Waals surface area contributed by atoms with E-state index in [2.05, 4.69) is 267 Å². The van der Waals surface area contributed by atoms with Crippen LogP contribution in [0.25, 0.3) is 89.0 Å². The minimum Gasteiger partial charge on any atom is -0.340 e. The third kappa shape index (κ3) is 10.4. The normalized spacial score (nSPS) is 16.7. The van der Waals surface area contributed by atoms with Gasteiger partial charge in [0.1, 0.15) is 12.2 Å². The molecule has 0 saturated carbocycles. The Hall–Kier alpha value is -9.42. The summed E-state index contributed by atoms with van der Waals surface area (Å²) in [5.41, 5.74) is 14.9. The summed E-state index contributed by atoms with van der Waals surface area (Å²) in [5.74, 6) is -1.28. The van der Waals surface area contributed by atoms with Crippen molar-refractivity contribution in [1.29, 1.82) is 0 Å². The van der Waals surface area contributed by atoms with E-state index in [9.17, 15) is 0 Å². The van der Waals surface area contributed by atoms with Gasteiger partial charge in [0, 0.05) is 4.57 Å². The molecule has 2 heterocycles. The molecule has 0 N–H and O–H groups in total. The fraction of sp³-hybridized carbons (Fsp3) is 0.0886. The molecule has 2 aliphatic heterocycles. The van der Waals surface area contributed by atoms with E-state index >= 15 is 4.57 Å². The molecule has 410 valence electrons. The molecule has 6 heteroatoms. The van der Waals surface area contributed by atoms with E-state index in [4.69, 9.17) is 18.5 Å². The van der Waals surface area contributed by atoms with E-state index in [1.165, 1.54) is 0 Å². The highest BCUT2D eigenvalue weighted by Gasteiger charge is 2.71. The minimum absolute atomic E-state index is 0.710. The number of hydrogen-bond donors (Lipinski definition) is 0. The highest BCUT2D eigenvalue weighted by molar-refractivity contribution is 7.33. The zero-order valence-electron chi connectivity index (χ0n) is 47.2. The third-order valence-electron chi connectivity index (χ3n) is 16.6. The first-order valence-electron chi connectivity index (χ1n) is 29.0. The van der Waals surface area contributed by atoms with Crippen LogP contribution in [-0.2, 0) is 34.3 Å². The molecule has 85 heavy (non-hydrogen) atoms. The Bertz CT molecular complexity index is 3570. The maximum atomic E-state index is 16.8. The van der Waals surface area contributed by atoms with Crippen LogP contribution in [0.4, 0.5) is 0 Å². The molecule has 12 aromatic rings. The lowest BCUT2D eigenvalue weighted by molar-refractivity contribution is -0.174. The van der Waals surface area contributed by atoms with Crippen LogP contribution < -0.4 is 0 Å². The molecule has 0 aliphatic carbocycles. The van der Waals surface area contributed by atoms with Crippen molar-refractivity contribution >= 4 is 8.25 Å². The minimum atomic E-state index is -3.17. The maximum Gasteiger partial charge on any atom is 0.700 e. The van der Waals surface area contributed by atoms with Gasteiger partial charge in [-0.15, -0.1) is 0 Å². The van der Waals surface area contributed by atoms with E-state index < -0.39 is 37.5 Å². The largest absolute Gasteiger partial charge is 0.700 e. The molecule has 2 atom stereocenters. The molecule has 2 aliphatic rings. The Kier molecular flexibility index (Phi) is 14.3. The quantitative estimate of drug-likeness (QED) is 0.114. The average Bonchev–Trinajstić information content (AvgIpc) is 1.92. The molecule has 2 fully saturated rings. The Morgan fingerprint density at radius 2 is 0.412 bits per heavy atom. The fourth-order valence-electron chi connectivity index (χ4n) is 12.7. The van der Waals surface area contributed by atoms with Gasteiger partial charge in [0.2, 0.25) is 11.2 Å². The fourth-order valence-corrected chi connectivity index (χ4v) is 13.8. The molecule has 12 aromatic carbocycles. The van der Waals surface area contributed by atoms with Crippen molar-refractivity contribution in [3.63, 3.8) is 0 Å². The molecular weight excluding hydrogens is 1060 g/mol. The van der Waals surface area contributed by atoms with E-state index in [1.807, 2.05) is 62.4 Å². The first kappa shape index (κ1) is 53.6. The zero-order valence-corrected chi connectivity index (χ0v) is 48.1. The van der Waals surface area contributed by atoms with Crippen LogP contribution in [-0.4, -0.2) is 18.0 Å². The van der Waals surface area contributed by atoms with Crippen LogP contribution in [0, 0.1) is 0 Å². The summed E-state index contributed by atoms with van der Waals surface area (Å²) in [6.45, 7) is 3.93. The molecule has 0 radical (unpaired) electrons. The highest BCUT2D eigenvalue weighted by Crippen LogP contribution is 2.63. The predicted octanol–water partition coefficient (Wildman–Crippen LogP) is 20.4. The first-order valence-corrected chi connectivity index (χ1v) is 30.1. The smallest absolute Gasteiger partial charge is 0.340 e. The molecule has 0 spiro atoms. The maximum absolute atomic E-state index is 16.8. The summed E-state index contributed by atoms with van der Waals surface area (Å²) < 4.78 is 48.0. The Balaban J connectivity index is 1.14. The van der Waals surface area contributed by atoms with Crippen molar-refractivity contribution in [2.24, 2.45) is 0 Å². The van der Waals surface area contributed by atoms with Gasteiger partial charge in [0.25, 0.3) is 0 Å². The Labute approximate surface area is 498 Å². The molecule has 2 saturated heterocycles. The molecule has 0 unspecified atom stereocenters. The van der Waals surface area contributed by atoms with E-state index in [0.717, 1.165) is 89.0 Å². The topological polar surface area (TPSA) is 54.0 Å². The van der Waals surface area contributed by atoms with Crippen LogP contribution in [0.5, 0.6) is 0 Å². The molecule has 0 aromatic heterocycles. The summed E-state index contributed by atoms with van der Waals surface area (Å²) in [5, 5.41) is 0. The van der Waals surface area contributed by atoms with Gasteiger partial charge >= 0.3 is 8.25 Å². The summed E-state index contributed by atoms with van der Waals surface area (Å²) in [4.78, 5) is 0. The van der Waals surface area contributed by atoms with E-state index in [-0.39, 0.29) is 0 Å². The van der Waals surface area contributed by atoms with Gasteiger partial charge in [-0.25, -0.2) is 0 Å². The van der Waals surface area contributed by atoms with Gasteiger partial charge in [0.05, 0.1) is 0 Å². The molecule has 14 rings (SSSR count). The summed E-state index contributed by atoms with van der Waals surface area (Å²) in [6.07, 6.45) is -2.18. The van der Waals surface area contributed by atoms with E-state index in [1.54, 1.807) is 0 Å². The predicted molar refractivity (Wildman–Crippen MR) is 344 cm³/mol. The van der Waals surface area contributed by atoms with Crippen molar-refractivity contribution in [2.75, 3.05) is 0 Å². The van der Waals surface area contributed by atoms with Gasteiger partial charge in [-0.05, 0) is 198 Å². The monoisotopic (exact) mass is 1120 g/mol. The van der Waals surface area contributed by atoms with Gasteiger partial charge < -0.3 is 9.47 Å². The molecule has 0 bridgehead atoms. The summed E-state index contributed by atoms with van der Waals surface area (Å²) in [6, 6.07) is 110. The number of rotatable bonds is 12. The second-order valence-corrected chi connectivity index (χ2v) is 23.3. The standard InChI is InChI=1S/C79H60O5P/c1-77(2)81-75-76(82-77)79(73-51-67(59-35-19-7-20-36-59)45-68(52-73)60-37-21-8-22-38-60,74-53-69(61-39-23-9-24-40-61)46-70(54-74)62-41-25-10-26-42-62)84-85(80)83-78(75,71-47-63(55-27-11-3-12-28-55)43-64(48-71)56-29-13-4-14-30-56)72-49-65(57-31-15-5-16-32-57)44-66(50-72)58-33-17-6-18-34-58/h3-54,75-76H,1-2H3/q+1/t75-,76-/m0/s1. The lowest BCUT2D eigenvalue weighted by atomic mass is 9.70. The molecule has 0 amide bonds. The van der Waals surface area contributed by atoms with Crippen LogP contribution in [0.2, 0.25) is 0 Å². The molecular formula is C79H60O5P+. The van der Waals surface area contributed by atoms with Crippen molar-refractivity contribution in [3.05, 3.63) is 338 Å². The number of hydrogen-bond acceptors (Lipinski definition) is 5. The SMILES string of the molecule is CC1(C)O[C@H]2[C@H](O1)C(c1cc(-c3ccccc3)cc(-c3ccccc3)c1)(c1cc(-c3ccccc3)cc(-c3ccccc3)c1)O[P+](=O)OC2(c1cc(-c2ccccc2)cc(-c2ccccc2)c1)c1cc(-c2ccccc2)cc(-c2ccccc2)c1. The van der Waals surface area contributed by atoms with Gasteiger partial charge in [0.15, 0.2) is 5.79 Å². The van der Waals surface area contributed by atoms with Crippen molar-refractivity contribution in [2.45, 2.75) is 43.0 Å². The van der Waals surface area contributed by atoms with Crippen LogP contribution in [0.15, 0.2) is 315 Å². The van der Waals surface area contributed by atoms with Crippen molar-refractivity contribution in [1.82, 2.24) is 0 Å². The Morgan fingerprint density at radius 1 is 0.247 bits per heavy atom. The van der Waals surface area contributed by atoms with E-state index in [0.29, 0.717) is 22.3 Å². The lowest BCUT2D eigenvalue weighted by Gasteiger charge is -2.40. The number of benzene rings is 12. The van der Waals surface area contributed by atoms with Crippen LogP contribution in [0.3, 0.4) is 0 Å². The summed E-state index contributed by atoms with van der Waals surface area (Å²) >= 11 is 0. The van der Waals surface area contributed by atoms with Crippen LogP contribution in [0.1, 0.15) is 36.1 Å². The van der Waals surface area contributed by atoms with Crippen molar-refractivity contribution < 1.29 is 23.1 Å². The van der Waals surface area contributed by atoms with Crippen LogP contribution >= 0.6 is 8.25 Å². The van der Waals surface area contributed by atoms with Gasteiger partial charge in [-0.3, -0.25) is 0 Å². The lowest BCUT2D eigenvalue weighted by Crippen LogP contribution is -2.53. The Morgan fingerprint density at radius 3 is 0.576 bits per heavy atom. The second-order valence-electron chi connectivity index (χ2n) is 22.5. The van der Waals surface area contributed by atoms with Crippen molar-refractivity contribution in [3.8, 4) is 89.0 Å². The third-order valence-corrected chi connectivity index (χ3v) is 17.5.